The Morgan fingerprint density at radius 3 is 2.06 bits per heavy atom. The fourth-order valence-corrected chi connectivity index (χ4v) is 5.08. The van der Waals surface area contributed by atoms with E-state index in [1.54, 1.807) is 29.2 Å². The van der Waals surface area contributed by atoms with Gasteiger partial charge in [-0.05, 0) is 68.5 Å². The number of amides is 2. The number of aryl methyl sites for hydroxylation is 1. The minimum absolute atomic E-state index is 0.0542. The summed E-state index contributed by atoms with van der Waals surface area (Å²) in [4.78, 5) is 27.9. The van der Waals surface area contributed by atoms with Gasteiger partial charge in [0.15, 0.2) is 0 Å². The molecule has 2 rings (SSSR count). The monoisotopic (exact) mass is 535 g/mol. The molecule has 0 fully saturated rings. The smallest absolute Gasteiger partial charge is 0.243 e. The summed E-state index contributed by atoms with van der Waals surface area (Å²) in [6.07, 6.45) is 2.91. The molecule has 0 spiro atoms. The fourth-order valence-electron chi connectivity index (χ4n) is 3.99. The number of carbonyl (C=O) groups excluding carboxylic acids is 2. The Hall–Kier alpha value is -2.58. The van der Waals surface area contributed by atoms with E-state index in [9.17, 15) is 18.0 Å². The van der Waals surface area contributed by atoms with Crippen molar-refractivity contribution in [2.45, 2.75) is 72.0 Å². The summed E-state index contributed by atoms with van der Waals surface area (Å²) in [5.41, 5.74) is 2.55. The van der Waals surface area contributed by atoms with Crippen LogP contribution in [0, 0.1) is 0 Å². The average molecular weight is 536 g/mol. The van der Waals surface area contributed by atoms with Crippen molar-refractivity contribution < 1.29 is 18.0 Å². The Bertz CT molecular complexity index is 1100. The second-order valence-corrected chi connectivity index (χ2v) is 11.5. The SMILES string of the molecule is CCc1ccc(N(CCCC(=O)N(Cc2ccc(Cl)cc2)[C@@H](CC)C(=O)NC(C)C)S(C)(=O)=O)cc1. The van der Waals surface area contributed by atoms with Crippen molar-refractivity contribution >= 4 is 39.1 Å². The van der Waals surface area contributed by atoms with Crippen LogP contribution in [0.25, 0.3) is 0 Å². The molecule has 1 N–H and O–H groups in total. The highest BCUT2D eigenvalue weighted by Crippen LogP contribution is 2.21. The van der Waals surface area contributed by atoms with E-state index >= 15 is 0 Å². The van der Waals surface area contributed by atoms with Gasteiger partial charge in [-0.3, -0.25) is 13.9 Å². The number of nitrogens with one attached hydrogen (secondary N) is 1. The Labute approximate surface area is 220 Å². The lowest BCUT2D eigenvalue weighted by Gasteiger charge is -2.31. The lowest BCUT2D eigenvalue weighted by molar-refractivity contribution is -0.141. The van der Waals surface area contributed by atoms with E-state index in [0.717, 1.165) is 17.5 Å². The maximum atomic E-state index is 13.4. The Morgan fingerprint density at radius 2 is 1.56 bits per heavy atom. The first-order chi connectivity index (χ1) is 17.0. The van der Waals surface area contributed by atoms with Crippen LogP contribution < -0.4 is 9.62 Å². The number of hydrogen-bond donors (Lipinski definition) is 1. The summed E-state index contributed by atoms with van der Waals surface area (Å²) in [5, 5.41) is 3.50. The van der Waals surface area contributed by atoms with Crippen LogP contribution in [0.1, 0.15) is 58.1 Å². The highest BCUT2D eigenvalue weighted by molar-refractivity contribution is 7.92. The molecule has 0 radical (unpaired) electrons. The molecule has 0 bridgehead atoms. The van der Waals surface area contributed by atoms with Gasteiger partial charge in [-0.15, -0.1) is 0 Å². The molecule has 2 aromatic rings. The third kappa shape index (κ3) is 8.82. The number of benzene rings is 2. The van der Waals surface area contributed by atoms with Crippen LogP contribution in [-0.2, 0) is 32.6 Å². The van der Waals surface area contributed by atoms with E-state index in [1.807, 2.05) is 52.0 Å². The lowest BCUT2D eigenvalue weighted by Crippen LogP contribution is -2.50. The van der Waals surface area contributed by atoms with Gasteiger partial charge in [0, 0.05) is 30.6 Å². The van der Waals surface area contributed by atoms with E-state index < -0.39 is 16.1 Å². The van der Waals surface area contributed by atoms with Crippen LogP contribution in [0.5, 0.6) is 0 Å². The zero-order valence-electron chi connectivity index (χ0n) is 21.8. The summed E-state index contributed by atoms with van der Waals surface area (Å²) >= 11 is 6.01. The normalized spacial score (nSPS) is 12.3. The van der Waals surface area contributed by atoms with Crippen LogP contribution in [-0.4, -0.2) is 50.0 Å². The average Bonchev–Trinajstić information content (AvgIpc) is 2.81. The van der Waals surface area contributed by atoms with Crippen molar-refractivity contribution in [1.82, 2.24) is 10.2 Å². The van der Waals surface area contributed by atoms with Gasteiger partial charge in [0.2, 0.25) is 21.8 Å². The minimum Gasteiger partial charge on any atom is -0.352 e. The third-order valence-electron chi connectivity index (χ3n) is 5.87. The van der Waals surface area contributed by atoms with Crippen LogP contribution in [0.15, 0.2) is 48.5 Å². The lowest BCUT2D eigenvalue weighted by atomic mass is 10.1. The number of anilines is 1. The molecule has 7 nitrogen and oxygen atoms in total. The van der Waals surface area contributed by atoms with Gasteiger partial charge >= 0.3 is 0 Å². The quantitative estimate of drug-likeness (QED) is 0.400. The molecule has 2 aromatic carbocycles. The number of hydrogen-bond acceptors (Lipinski definition) is 4. The number of halogens is 1. The molecule has 0 aliphatic heterocycles. The number of rotatable bonds is 13. The van der Waals surface area contributed by atoms with Gasteiger partial charge in [-0.25, -0.2) is 8.42 Å². The predicted octanol–water partition coefficient (Wildman–Crippen LogP) is 4.78. The van der Waals surface area contributed by atoms with Gasteiger partial charge in [-0.1, -0.05) is 49.7 Å². The minimum atomic E-state index is -3.52. The van der Waals surface area contributed by atoms with Crippen molar-refractivity contribution in [2.75, 3.05) is 17.1 Å². The largest absolute Gasteiger partial charge is 0.352 e. The zero-order valence-corrected chi connectivity index (χ0v) is 23.4. The van der Waals surface area contributed by atoms with E-state index in [1.165, 1.54) is 10.6 Å². The van der Waals surface area contributed by atoms with Crippen LogP contribution in [0.3, 0.4) is 0 Å². The molecular formula is C27H38ClN3O4S. The molecule has 0 heterocycles. The van der Waals surface area contributed by atoms with Gasteiger partial charge in [0.05, 0.1) is 11.9 Å². The van der Waals surface area contributed by atoms with Crippen LogP contribution in [0.2, 0.25) is 5.02 Å². The molecule has 198 valence electrons. The highest BCUT2D eigenvalue weighted by atomic mass is 35.5. The van der Waals surface area contributed by atoms with Crippen molar-refractivity contribution in [2.24, 2.45) is 0 Å². The highest BCUT2D eigenvalue weighted by Gasteiger charge is 2.29. The zero-order chi connectivity index (χ0) is 26.9. The van der Waals surface area contributed by atoms with Crippen molar-refractivity contribution in [3.8, 4) is 0 Å². The molecule has 2 amide bonds. The van der Waals surface area contributed by atoms with Gasteiger partial charge < -0.3 is 10.2 Å². The summed E-state index contributed by atoms with van der Waals surface area (Å²) in [5.74, 6) is -0.408. The molecule has 0 aromatic heterocycles. The molecule has 0 saturated heterocycles. The molecule has 1 atom stereocenters. The number of nitrogens with zero attached hydrogens (tertiary/aromatic N) is 2. The molecule has 0 unspecified atom stereocenters. The van der Waals surface area contributed by atoms with Crippen LogP contribution in [0.4, 0.5) is 5.69 Å². The van der Waals surface area contributed by atoms with Gasteiger partial charge in [-0.2, -0.15) is 0 Å². The maximum Gasteiger partial charge on any atom is 0.243 e. The standard InChI is InChI=1S/C27H38ClN3O4S/c1-6-21-12-16-24(17-13-21)31(36(5,34)35)18-8-9-26(32)30(19-22-10-14-23(28)15-11-22)25(7-2)27(33)29-20(3)4/h10-17,20,25H,6-9,18-19H2,1-5H3,(H,29,33)/t25-/m0/s1. The molecule has 9 heteroatoms. The Kier molecular flexibility index (Phi) is 11.2. The van der Waals surface area contributed by atoms with Crippen molar-refractivity contribution in [3.63, 3.8) is 0 Å². The van der Waals surface area contributed by atoms with E-state index in [4.69, 9.17) is 11.6 Å². The van der Waals surface area contributed by atoms with E-state index in [-0.39, 0.29) is 37.4 Å². The third-order valence-corrected chi connectivity index (χ3v) is 7.31. The van der Waals surface area contributed by atoms with Gasteiger partial charge in [0.1, 0.15) is 6.04 Å². The van der Waals surface area contributed by atoms with Crippen LogP contribution >= 0.6 is 11.6 Å². The Morgan fingerprint density at radius 1 is 0.972 bits per heavy atom. The van der Waals surface area contributed by atoms with E-state index in [0.29, 0.717) is 23.6 Å². The summed E-state index contributed by atoms with van der Waals surface area (Å²) < 4.78 is 26.3. The fraction of sp³-hybridized carbons (Fsp3) is 0.481. The second-order valence-electron chi connectivity index (χ2n) is 9.19. The molecular weight excluding hydrogens is 498 g/mol. The molecule has 0 aliphatic rings. The number of sulfonamides is 1. The van der Waals surface area contributed by atoms with Crippen molar-refractivity contribution in [3.05, 3.63) is 64.7 Å². The van der Waals surface area contributed by atoms with Crippen molar-refractivity contribution in [1.29, 1.82) is 0 Å². The molecule has 0 aliphatic carbocycles. The number of carbonyl (C=O) groups is 2. The topological polar surface area (TPSA) is 86.8 Å². The first-order valence-electron chi connectivity index (χ1n) is 12.4. The maximum absolute atomic E-state index is 13.4. The molecule has 36 heavy (non-hydrogen) atoms. The first-order valence-corrected chi connectivity index (χ1v) is 14.6. The predicted molar refractivity (Wildman–Crippen MR) is 147 cm³/mol. The summed E-state index contributed by atoms with van der Waals surface area (Å²) in [7, 11) is -3.52. The summed E-state index contributed by atoms with van der Waals surface area (Å²) in [6, 6.07) is 13.9. The Balaban J connectivity index is 2.20. The van der Waals surface area contributed by atoms with E-state index in [2.05, 4.69) is 5.32 Å². The summed E-state index contributed by atoms with van der Waals surface area (Å²) in [6.45, 7) is 8.09. The first kappa shape index (κ1) is 29.6. The molecule has 0 saturated carbocycles. The second kappa shape index (κ2) is 13.7. The van der Waals surface area contributed by atoms with Gasteiger partial charge in [0.25, 0.3) is 0 Å².